The van der Waals surface area contributed by atoms with Gasteiger partial charge in [0.1, 0.15) is 5.75 Å². The van der Waals surface area contributed by atoms with Crippen molar-refractivity contribution in [3.05, 3.63) is 65.7 Å². The Hall–Kier alpha value is -2.72. The average Bonchev–Trinajstić information content (AvgIpc) is 3.31. The van der Waals surface area contributed by atoms with E-state index in [0.29, 0.717) is 45.7 Å². The van der Waals surface area contributed by atoms with E-state index < -0.39 is 19.3 Å². The fourth-order valence-corrected chi connectivity index (χ4v) is 7.22. The molecule has 1 aliphatic rings. The van der Waals surface area contributed by atoms with Crippen LogP contribution in [-0.2, 0) is 46.2 Å². The molecule has 0 spiro atoms. The molecule has 1 aliphatic carbocycles. The number of esters is 2. The van der Waals surface area contributed by atoms with Crippen LogP contribution in [0.1, 0.15) is 70.4 Å². The number of hydrogen-bond acceptors (Lipinski definition) is 8. The number of benzene rings is 2. The van der Waals surface area contributed by atoms with E-state index >= 15 is 0 Å². The lowest BCUT2D eigenvalue weighted by atomic mass is 9.67. The van der Waals surface area contributed by atoms with Crippen molar-refractivity contribution < 1.29 is 37.7 Å². The minimum Gasteiger partial charge on any atom is -0.497 e. The molecule has 2 aromatic carbocycles. The molecule has 45 heavy (non-hydrogen) atoms. The summed E-state index contributed by atoms with van der Waals surface area (Å²) in [6, 6.07) is 17.9. The number of rotatable bonds is 17. The van der Waals surface area contributed by atoms with Gasteiger partial charge < -0.3 is 28.1 Å². The van der Waals surface area contributed by atoms with Gasteiger partial charge in [0.2, 0.25) is 0 Å². The van der Waals surface area contributed by atoms with Crippen molar-refractivity contribution in [1.29, 1.82) is 0 Å². The molecule has 9 heteroatoms. The van der Waals surface area contributed by atoms with Crippen molar-refractivity contribution in [2.45, 2.75) is 96.2 Å². The number of carbonyl (C=O) groups is 2. The molecular weight excluding hydrogens is 588 g/mol. The summed E-state index contributed by atoms with van der Waals surface area (Å²) in [6.45, 7) is 12.7. The van der Waals surface area contributed by atoms with Gasteiger partial charge in [-0.05, 0) is 67.1 Å². The van der Waals surface area contributed by atoms with Crippen LogP contribution >= 0.6 is 0 Å². The zero-order valence-electron chi connectivity index (χ0n) is 28.6. The lowest BCUT2D eigenvalue weighted by Gasteiger charge is -2.50. The van der Waals surface area contributed by atoms with Crippen LogP contribution in [-0.4, -0.2) is 60.4 Å². The van der Waals surface area contributed by atoms with Crippen molar-refractivity contribution in [3.8, 4) is 5.75 Å². The van der Waals surface area contributed by atoms with Crippen molar-refractivity contribution >= 4 is 20.3 Å². The molecule has 0 heterocycles. The zero-order chi connectivity index (χ0) is 33.1. The van der Waals surface area contributed by atoms with Crippen LogP contribution in [0.25, 0.3) is 0 Å². The molecule has 0 N–H and O–H groups in total. The summed E-state index contributed by atoms with van der Waals surface area (Å²) in [4.78, 5) is 25.5. The zero-order valence-corrected chi connectivity index (χ0v) is 29.6. The van der Waals surface area contributed by atoms with E-state index in [-0.39, 0.29) is 35.7 Å². The van der Waals surface area contributed by atoms with Gasteiger partial charge in [-0.3, -0.25) is 9.59 Å². The predicted octanol–water partition coefficient (Wildman–Crippen LogP) is 7.49. The van der Waals surface area contributed by atoms with Gasteiger partial charge in [0.25, 0.3) is 0 Å². The van der Waals surface area contributed by atoms with Gasteiger partial charge in [0, 0.05) is 24.4 Å². The number of hydrogen-bond donors (Lipinski definition) is 0. The van der Waals surface area contributed by atoms with Gasteiger partial charge in [0.15, 0.2) is 8.32 Å². The highest BCUT2D eigenvalue weighted by molar-refractivity contribution is 6.74. The highest BCUT2D eigenvalue weighted by Crippen LogP contribution is 2.58. The van der Waals surface area contributed by atoms with Crippen molar-refractivity contribution in [2.75, 3.05) is 34.5 Å². The van der Waals surface area contributed by atoms with E-state index in [1.165, 1.54) is 14.2 Å². The summed E-state index contributed by atoms with van der Waals surface area (Å²) in [5.41, 5.74) is 0.539. The fourth-order valence-electron chi connectivity index (χ4n) is 6.15. The minimum atomic E-state index is -2.21. The molecule has 0 radical (unpaired) electrons. The molecule has 3 atom stereocenters. The first-order chi connectivity index (χ1) is 21.3. The largest absolute Gasteiger partial charge is 0.497 e. The van der Waals surface area contributed by atoms with Gasteiger partial charge in [-0.15, -0.1) is 0 Å². The average molecular weight is 643 g/mol. The van der Waals surface area contributed by atoms with Crippen LogP contribution in [0.4, 0.5) is 0 Å². The van der Waals surface area contributed by atoms with Crippen molar-refractivity contribution in [1.82, 2.24) is 0 Å². The number of carbonyl (C=O) groups excluding carboxylic acids is 2. The quantitative estimate of drug-likeness (QED) is 0.130. The first-order valence-corrected chi connectivity index (χ1v) is 18.9. The Morgan fingerprint density at radius 2 is 1.53 bits per heavy atom. The monoisotopic (exact) mass is 642 g/mol. The molecule has 8 nitrogen and oxygen atoms in total. The van der Waals surface area contributed by atoms with Gasteiger partial charge in [-0.2, -0.15) is 0 Å². The molecule has 0 amide bonds. The smallest absolute Gasteiger partial charge is 0.306 e. The Bertz CT molecular complexity index is 1210. The van der Waals surface area contributed by atoms with Gasteiger partial charge in [-0.1, -0.05) is 63.2 Å². The molecule has 0 aromatic heterocycles. The second kappa shape index (κ2) is 16.2. The first kappa shape index (κ1) is 36.7. The fraction of sp³-hybridized carbons (Fsp3) is 0.611. The van der Waals surface area contributed by atoms with Crippen LogP contribution in [0.15, 0.2) is 54.6 Å². The second-order valence-corrected chi connectivity index (χ2v) is 18.6. The summed E-state index contributed by atoms with van der Waals surface area (Å²) in [5.74, 6) is 0.142. The van der Waals surface area contributed by atoms with Crippen LogP contribution in [0.2, 0.25) is 18.1 Å². The molecule has 3 rings (SSSR count). The maximum absolute atomic E-state index is 13.2. The summed E-state index contributed by atoms with van der Waals surface area (Å²) < 4.78 is 36.1. The van der Waals surface area contributed by atoms with Crippen LogP contribution in [0.3, 0.4) is 0 Å². The Morgan fingerprint density at radius 3 is 2.13 bits per heavy atom. The van der Waals surface area contributed by atoms with E-state index in [1.807, 2.05) is 54.6 Å². The van der Waals surface area contributed by atoms with Crippen LogP contribution < -0.4 is 4.74 Å². The van der Waals surface area contributed by atoms with Crippen molar-refractivity contribution in [2.24, 2.45) is 11.3 Å². The van der Waals surface area contributed by atoms with Crippen molar-refractivity contribution in [3.63, 3.8) is 0 Å². The first-order valence-electron chi connectivity index (χ1n) is 16.0. The number of methoxy groups -OCH3 is 3. The third kappa shape index (κ3) is 9.41. The molecule has 0 saturated heterocycles. The molecule has 1 fully saturated rings. The molecule has 0 bridgehead atoms. The van der Waals surface area contributed by atoms with E-state index in [0.717, 1.165) is 23.3 Å². The number of ether oxygens (including phenoxy) is 5. The third-order valence-corrected chi connectivity index (χ3v) is 14.5. The summed E-state index contributed by atoms with van der Waals surface area (Å²) in [7, 11) is 2.26. The maximum atomic E-state index is 13.2. The van der Waals surface area contributed by atoms with Gasteiger partial charge in [0.05, 0.1) is 53.2 Å². The third-order valence-electron chi connectivity index (χ3n) is 10.00. The highest BCUT2D eigenvalue weighted by atomic mass is 28.4. The van der Waals surface area contributed by atoms with E-state index in [4.69, 9.17) is 28.1 Å². The summed E-state index contributed by atoms with van der Waals surface area (Å²) in [6.07, 6.45) is 2.96. The standard InChI is InChI=1S/C36H54O8Si/c1-34(2,3)45(7,8)44-27-35(23-33(38)41-6)22-20-30(26-42-24-28-13-10-9-11-14-28)36(35,21-12-15-32(37)40-5)43-25-29-16-18-31(39-4)19-17-29/h9-11,13-14,16-19,30H,12,15,20-27H2,1-8H3/t30-,35-,36-/m0/s1. The van der Waals surface area contributed by atoms with Gasteiger partial charge in [-0.25, -0.2) is 0 Å². The topological polar surface area (TPSA) is 89.5 Å². The van der Waals surface area contributed by atoms with Gasteiger partial charge >= 0.3 is 11.9 Å². The molecular formula is C36H54O8Si. The normalized spacial score (nSPS) is 21.8. The van der Waals surface area contributed by atoms with Crippen LogP contribution in [0.5, 0.6) is 5.75 Å². The molecule has 0 aliphatic heterocycles. The molecule has 2 aromatic rings. The lowest BCUT2D eigenvalue weighted by molar-refractivity contribution is -0.189. The van der Waals surface area contributed by atoms with E-state index in [1.54, 1.807) is 7.11 Å². The second-order valence-electron chi connectivity index (χ2n) is 13.8. The Labute approximate surface area is 271 Å². The summed E-state index contributed by atoms with van der Waals surface area (Å²) >= 11 is 0. The Kier molecular flexibility index (Phi) is 13.2. The lowest BCUT2D eigenvalue weighted by Crippen LogP contribution is -2.56. The van der Waals surface area contributed by atoms with E-state index in [9.17, 15) is 9.59 Å². The van der Waals surface area contributed by atoms with Crippen LogP contribution in [0, 0.1) is 11.3 Å². The Morgan fingerprint density at radius 1 is 0.889 bits per heavy atom. The highest BCUT2D eigenvalue weighted by Gasteiger charge is 2.62. The maximum Gasteiger partial charge on any atom is 0.306 e. The molecule has 1 saturated carbocycles. The summed E-state index contributed by atoms with van der Waals surface area (Å²) in [5, 5.41) is -0.0201. The Balaban J connectivity index is 2.06. The SMILES string of the molecule is COC(=O)CCC[C@]1(OCc2ccc(OC)cc2)[C@H](COCc2ccccc2)CC[C@@]1(CO[Si](C)(C)C(C)(C)C)CC(=O)OC. The molecule has 0 unspecified atom stereocenters. The predicted molar refractivity (Wildman–Crippen MR) is 177 cm³/mol. The van der Waals surface area contributed by atoms with E-state index in [2.05, 4.69) is 33.9 Å². The minimum absolute atomic E-state index is 0.0201. The molecule has 250 valence electrons.